The summed E-state index contributed by atoms with van der Waals surface area (Å²) in [5.41, 5.74) is 0.714. The van der Waals surface area contributed by atoms with Gasteiger partial charge in [-0.1, -0.05) is 0 Å². The fourth-order valence-corrected chi connectivity index (χ4v) is 3.78. The van der Waals surface area contributed by atoms with E-state index in [0.29, 0.717) is 12.5 Å². The summed E-state index contributed by atoms with van der Waals surface area (Å²) in [6.07, 6.45) is 2.38. The van der Waals surface area contributed by atoms with Crippen LogP contribution in [-0.4, -0.2) is 34.9 Å². The van der Waals surface area contributed by atoms with Crippen LogP contribution in [0.2, 0.25) is 0 Å². The van der Waals surface area contributed by atoms with Crippen LogP contribution in [0, 0.1) is 12.8 Å². The Balaban J connectivity index is 1.73. The molecular formula is C15H21N3O2S. The van der Waals surface area contributed by atoms with E-state index in [4.69, 9.17) is 4.74 Å². The van der Waals surface area contributed by atoms with Crippen molar-refractivity contribution in [1.82, 2.24) is 15.1 Å². The van der Waals surface area contributed by atoms with E-state index in [1.165, 1.54) is 24.2 Å². The van der Waals surface area contributed by atoms with Crippen LogP contribution in [0.25, 0.3) is 10.2 Å². The van der Waals surface area contributed by atoms with Gasteiger partial charge in [-0.25, -0.2) is 0 Å². The first-order chi connectivity index (χ1) is 9.94. The Hall–Kier alpha value is -1.40. The number of thiophene rings is 1. The topological polar surface area (TPSA) is 56.1 Å². The lowest BCUT2D eigenvalue weighted by Gasteiger charge is -2.28. The van der Waals surface area contributed by atoms with Crippen LogP contribution in [0.5, 0.6) is 0 Å². The van der Waals surface area contributed by atoms with Gasteiger partial charge in [-0.3, -0.25) is 9.48 Å². The highest BCUT2D eigenvalue weighted by molar-refractivity contribution is 7.20. The van der Waals surface area contributed by atoms with Gasteiger partial charge in [0.2, 0.25) is 0 Å². The molecule has 0 bridgehead atoms. The van der Waals surface area contributed by atoms with Crippen LogP contribution in [0.3, 0.4) is 0 Å². The van der Waals surface area contributed by atoms with Crippen LogP contribution in [0.1, 0.15) is 35.1 Å². The van der Waals surface area contributed by atoms with E-state index < -0.39 is 0 Å². The van der Waals surface area contributed by atoms with E-state index in [-0.39, 0.29) is 11.5 Å². The Morgan fingerprint density at radius 2 is 2.33 bits per heavy atom. The van der Waals surface area contributed by atoms with Gasteiger partial charge in [0.05, 0.1) is 16.2 Å². The number of hydrogen-bond donors (Lipinski definition) is 1. The zero-order valence-electron chi connectivity index (χ0n) is 12.9. The standard InChI is InChI=1S/C15H21N3O2S/c1-9-11-7-12(21-14(11)18(3)17-9)13(19)16-8-15(2,20-4)10-5-6-10/h7,10H,5-6,8H2,1-4H3,(H,16,19). The number of ether oxygens (including phenoxy) is 1. The Morgan fingerprint density at radius 3 is 2.90 bits per heavy atom. The molecule has 0 radical (unpaired) electrons. The SMILES string of the molecule is COC(C)(CNC(=O)c1cc2c(C)nn(C)c2s1)C1CC1. The molecule has 0 aliphatic heterocycles. The first-order valence-corrected chi connectivity index (χ1v) is 8.03. The zero-order valence-corrected chi connectivity index (χ0v) is 13.7. The molecule has 1 aliphatic carbocycles. The highest BCUT2D eigenvalue weighted by atomic mass is 32.1. The van der Waals surface area contributed by atoms with Gasteiger partial charge in [-0.2, -0.15) is 5.10 Å². The fraction of sp³-hybridized carbons (Fsp3) is 0.600. The molecule has 1 unspecified atom stereocenters. The largest absolute Gasteiger partial charge is 0.376 e. The average molecular weight is 307 g/mol. The second-order valence-electron chi connectivity index (χ2n) is 6.01. The number of aryl methyl sites for hydroxylation is 2. The zero-order chi connectivity index (χ0) is 15.2. The van der Waals surface area contributed by atoms with Crippen molar-refractivity contribution < 1.29 is 9.53 Å². The predicted molar refractivity (Wildman–Crippen MR) is 83.8 cm³/mol. The lowest BCUT2D eigenvalue weighted by atomic mass is 10.0. The van der Waals surface area contributed by atoms with Crippen LogP contribution in [0.15, 0.2) is 6.07 Å². The minimum Gasteiger partial charge on any atom is -0.376 e. The monoisotopic (exact) mass is 307 g/mol. The maximum atomic E-state index is 12.4. The number of hydrogen-bond acceptors (Lipinski definition) is 4. The maximum Gasteiger partial charge on any atom is 0.261 e. The van der Waals surface area contributed by atoms with E-state index in [0.717, 1.165) is 20.8 Å². The quantitative estimate of drug-likeness (QED) is 0.923. The summed E-state index contributed by atoms with van der Waals surface area (Å²) < 4.78 is 7.43. The van der Waals surface area contributed by atoms with Crippen molar-refractivity contribution in [2.75, 3.05) is 13.7 Å². The Morgan fingerprint density at radius 1 is 1.62 bits per heavy atom. The Labute approximate surface area is 128 Å². The van der Waals surface area contributed by atoms with Gasteiger partial charge in [-0.05, 0) is 38.7 Å². The normalized spacial score (nSPS) is 17.9. The molecule has 1 atom stereocenters. The molecule has 21 heavy (non-hydrogen) atoms. The van der Waals surface area contributed by atoms with Crippen molar-refractivity contribution in [2.45, 2.75) is 32.3 Å². The number of fused-ring (bicyclic) bond motifs is 1. The van der Waals surface area contributed by atoms with Gasteiger partial charge >= 0.3 is 0 Å². The minimum absolute atomic E-state index is 0.0282. The summed E-state index contributed by atoms with van der Waals surface area (Å²) >= 11 is 1.48. The highest BCUT2D eigenvalue weighted by Gasteiger charge is 2.42. The smallest absolute Gasteiger partial charge is 0.261 e. The molecule has 114 valence electrons. The molecule has 3 rings (SSSR count). The number of nitrogens with zero attached hydrogens (tertiary/aromatic N) is 2. The maximum absolute atomic E-state index is 12.4. The van der Waals surface area contributed by atoms with Crippen molar-refractivity contribution >= 4 is 27.5 Å². The molecule has 0 aromatic carbocycles. The predicted octanol–water partition coefficient (Wildman–Crippen LogP) is 2.49. The van der Waals surface area contributed by atoms with Crippen LogP contribution < -0.4 is 5.32 Å². The van der Waals surface area contributed by atoms with Crippen molar-refractivity contribution in [3.63, 3.8) is 0 Å². The van der Waals surface area contributed by atoms with Crippen molar-refractivity contribution in [3.05, 3.63) is 16.6 Å². The van der Waals surface area contributed by atoms with Gasteiger partial charge in [0.1, 0.15) is 4.83 Å². The molecule has 1 aliphatic rings. The summed E-state index contributed by atoms with van der Waals surface area (Å²) in [7, 11) is 3.63. The summed E-state index contributed by atoms with van der Waals surface area (Å²) in [4.78, 5) is 14.1. The van der Waals surface area contributed by atoms with Crippen molar-refractivity contribution in [1.29, 1.82) is 0 Å². The van der Waals surface area contributed by atoms with E-state index in [2.05, 4.69) is 17.3 Å². The summed E-state index contributed by atoms with van der Waals surface area (Å²) in [5, 5.41) is 8.43. The van der Waals surface area contributed by atoms with Crippen LogP contribution in [0.4, 0.5) is 0 Å². The first kappa shape index (κ1) is 14.5. The first-order valence-electron chi connectivity index (χ1n) is 7.21. The third-order valence-electron chi connectivity index (χ3n) is 4.43. The van der Waals surface area contributed by atoms with Crippen LogP contribution in [-0.2, 0) is 11.8 Å². The number of aromatic nitrogens is 2. The molecule has 2 aromatic rings. The third kappa shape index (κ3) is 2.58. The van der Waals surface area contributed by atoms with Gasteiger partial charge < -0.3 is 10.1 Å². The molecule has 0 spiro atoms. The number of methoxy groups -OCH3 is 1. The van der Waals surface area contributed by atoms with Crippen LogP contribution >= 0.6 is 11.3 Å². The van der Waals surface area contributed by atoms with E-state index in [9.17, 15) is 4.79 Å². The van der Waals surface area contributed by atoms with Gasteiger partial charge in [0.15, 0.2) is 0 Å². The number of amides is 1. The minimum atomic E-state index is -0.246. The molecule has 5 nitrogen and oxygen atoms in total. The molecule has 6 heteroatoms. The number of rotatable bonds is 5. The van der Waals surface area contributed by atoms with Gasteiger partial charge in [-0.15, -0.1) is 11.3 Å². The van der Waals surface area contributed by atoms with E-state index >= 15 is 0 Å². The van der Waals surface area contributed by atoms with Gasteiger partial charge in [0, 0.05) is 26.1 Å². The van der Waals surface area contributed by atoms with Crippen molar-refractivity contribution in [2.24, 2.45) is 13.0 Å². The Bertz CT molecular complexity index is 652. The average Bonchev–Trinajstić information content (AvgIpc) is 3.17. The molecule has 1 fully saturated rings. The fourth-order valence-electron chi connectivity index (χ4n) is 2.74. The van der Waals surface area contributed by atoms with Crippen molar-refractivity contribution in [3.8, 4) is 0 Å². The number of carbonyl (C=O) groups is 1. The van der Waals surface area contributed by atoms with E-state index in [1.807, 2.05) is 24.7 Å². The highest BCUT2D eigenvalue weighted by Crippen LogP contribution is 2.41. The molecule has 2 heterocycles. The summed E-state index contributed by atoms with van der Waals surface area (Å²) in [6.45, 7) is 4.59. The molecule has 1 amide bonds. The molecule has 2 aromatic heterocycles. The molecule has 0 saturated heterocycles. The number of nitrogens with one attached hydrogen (secondary N) is 1. The Kier molecular flexibility index (Phi) is 3.53. The molecular weight excluding hydrogens is 286 g/mol. The second kappa shape index (κ2) is 5.10. The lowest BCUT2D eigenvalue weighted by Crippen LogP contribution is -2.43. The number of carbonyl (C=O) groups excluding carboxylic acids is 1. The summed E-state index contributed by atoms with van der Waals surface area (Å²) in [6, 6.07) is 1.93. The van der Waals surface area contributed by atoms with Gasteiger partial charge in [0.25, 0.3) is 5.91 Å². The lowest BCUT2D eigenvalue weighted by molar-refractivity contribution is -0.0112. The second-order valence-corrected chi connectivity index (χ2v) is 7.04. The van der Waals surface area contributed by atoms with E-state index in [1.54, 1.807) is 7.11 Å². The summed E-state index contributed by atoms with van der Waals surface area (Å²) in [5.74, 6) is 0.538. The molecule has 1 saturated carbocycles. The third-order valence-corrected chi connectivity index (χ3v) is 5.63. The molecule has 1 N–H and O–H groups in total.